The van der Waals surface area contributed by atoms with Crippen LogP contribution in [0.25, 0.3) is 0 Å². The second-order valence-electron chi connectivity index (χ2n) is 10.5. The van der Waals surface area contributed by atoms with Crippen LogP contribution in [0.15, 0.2) is 0 Å². The van der Waals surface area contributed by atoms with Crippen LogP contribution < -0.4 is 0 Å². The van der Waals surface area contributed by atoms with E-state index in [0.717, 1.165) is 6.42 Å². The average molecular weight is 404 g/mol. The van der Waals surface area contributed by atoms with Gasteiger partial charge >= 0.3 is 23.9 Å². The lowest BCUT2D eigenvalue weighted by atomic mass is 9.54. The van der Waals surface area contributed by atoms with E-state index in [2.05, 4.69) is 0 Å². The molecule has 6 aliphatic carbocycles. The second kappa shape index (κ2) is 5.32. The molecule has 0 spiro atoms. The van der Waals surface area contributed by atoms with E-state index in [-0.39, 0.29) is 59.2 Å². The van der Waals surface area contributed by atoms with Gasteiger partial charge in [0.25, 0.3) is 0 Å². The minimum Gasteiger partial charge on any atom is -0.481 e. The van der Waals surface area contributed by atoms with E-state index in [4.69, 9.17) is 0 Å². The van der Waals surface area contributed by atoms with Crippen LogP contribution in [0.5, 0.6) is 0 Å². The van der Waals surface area contributed by atoms with Crippen LogP contribution in [-0.4, -0.2) is 44.3 Å². The quantitative estimate of drug-likeness (QED) is 0.511. The first-order valence-electron chi connectivity index (χ1n) is 10.6. The Morgan fingerprint density at radius 2 is 0.621 bits per heavy atom. The molecular weight excluding hydrogens is 380 g/mol. The molecule has 6 bridgehead atoms. The van der Waals surface area contributed by atoms with Gasteiger partial charge in [-0.05, 0) is 78.4 Å². The number of hydrogen-bond donors (Lipinski definition) is 4. The standard InChI is InChI=1S/C21H24O8/c22-18(23)14-6-2-7(15(14)19(24)25)11-5-1-4(10(6)11)12-8-3-9(13(5)12)17(21(28)29)16(8)20(26)27/h4-17H,1-3H2,(H,22,23)(H,24,25)(H,26,27)(H,28,29). The fraction of sp³-hybridized carbons (Fsp3) is 0.810. The third kappa shape index (κ3) is 1.83. The number of rotatable bonds is 4. The lowest BCUT2D eigenvalue weighted by molar-refractivity contribution is -0.165. The summed E-state index contributed by atoms with van der Waals surface area (Å²) in [7, 11) is 0. The number of hydrogen-bond acceptors (Lipinski definition) is 4. The van der Waals surface area contributed by atoms with Gasteiger partial charge in [0.15, 0.2) is 0 Å². The Labute approximate surface area is 166 Å². The van der Waals surface area contributed by atoms with E-state index in [1.165, 1.54) is 0 Å². The first kappa shape index (κ1) is 17.7. The first-order valence-corrected chi connectivity index (χ1v) is 10.6. The Kier molecular flexibility index (Phi) is 3.25. The molecule has 4 N–H and O–H groups in total. The molecule has 0 aromatic rings. The van der Waals surface area contributed by atoms with Gasteiger partial charge in [-0.2, -0.15) is 0 Å². The molecule has 12 unspecified atom stereocenters. The van der Waals surface area contributed by atoms with Gasteiger partial charge in [0.05, 0.1) is 23.7 Å². The summed E-state index contributed by atoms with van der Waals surface area (Å²) in [6.07, 6.45) is 2.16. The molecule has 6 rings (SSSR count). The molecule has 0 saturated heterocycles. The number of carbonyl (C=O) groups is 4. The van der Waals surface area contributed by atoms with Crippen molar-refractivity contribution in [3.63, 3.8) is 0 Å². The van der Waals surface area contributed by atoms with Gasteiger partial charge in [-0.1, -0.05) is 0 Å². The number of carboxylic acid groups (broad SMARTS) is 4. The van der Waals surface area contributed by atoms with Crippen molar-refractivity contribution in [2.45, 2.75) is 19.3 Å². The molecule has 12 atom stereocenters. The maximum Gasteiger partial charge on any atom is 0.307 e. The largest absolute Gasteiger partial charge is 0.481 e. The molecule has 156 valence electrons. The molecule has 6 saturated carbocycles. The Morgan fingerprint density at radius 1 is 0.414 bits per heavy atom. The molecule has 6 aliphatic rings. The second-order valence-corrected chi connectivity index (χ2v) is 10.5. The summed E-state index contributed by atoms with van der Waals surface area (Å²) in [4.78, 5) is 47.6. The van der Waals surface area contributed by atoms with Gasteiger partial charge < -0.3 is 20.4 Å². The Morgan fingerprint density at radius 3 is 0.828 bits per heavy atom. The fourth-order valence-corrected chi connectivity index (χ4v) is 10.2. The molecule has 0 amide bonds. The Balaban J connectivity index is 1.39. The smallest absolute Gasteiger partial charge is 0.307 e. The minimum absolute atomic E-state index is 0.141. The Hall–Kier alpha value is -2.12. The highest BCUT2D eigenvalue weighted by atomic mass is 16.4. The highest BCUT2D eigenvalue weighted by molar-refractivity contribution is 5.83. The highest BCUT2D eigenvalue weighted by Gasteiger charge is 2.77. The van der Waals surface area contributed by atoms with Crippen LogP contribution in [0.3, 0.4) is 0 Å². The summed E-state index contributed by atoms with van der Waals surface area (Å²) in [5.74, 6) is -6.93. The van der Waals surface area contributed by atoms with Gasteiger partial charge in [-0.25, -0.2) is 0 Å². The zero-order valence-electron chi connectivity index (χ0n) is 15.6. The van der Waals surface area contributed by atoms with Crippen LogP contribution >= 0.6 is 0 Å². The van der Waals surface area contributed by atoms with Gasteiger partial charge in [0.1, 0.15) is 0 Å². The molecule has 6 fully saturated rings. The number of fused-ring (bicyclic) bond motifs is 16. The van der Waals surface area contributed by atoms with Crippen molar-refractivity contribution in [2.75, 3.05) is 0 Å². The summed E-state index contributed by atoms with van der Waals surface area (Å²) >= 11 is 0. The van der Waals surface area contributed by atoms with E-state index in [1.807, 2.05) is 0 Å². The van der Waals surface area contributed by atoms with Gasteiger partial charge in [-0.3, -0.25) is 19.2 Å². The van der Waals surface area contributed by atoms with Gasteiger partial charge in [0.2, 0.25) is 0 Å². The molecule has 8 heteroatoms. The SMILES string of the molecule is O=C(O)C1C2CC(C1C(=O)O)C1C3CC(C21)C1C2CC(C(C(=O)O)C2C(=O)O)C31. The molecule has 0 radical (unpaired) electrons. The van der Waals surface area contributed by atoms with Crippen molar-refractivity contribution in [1.29, 1.82) is 0 Å². The molecule has 0 aromatic heterocycles. The summed E-state index contributed by atoms with van der Waals surface area (Å²) < 4.78 is 0. The van der Waals surface area contributed by atoms with Crippen LogP contribution in [0.1, 0.15) is 19.3 Å². The Bertz CT molecular complexity index is 720. The van der Waals surface area contributed by atoms with Crippen LogP contribution in [0.2, 0.25) is 0 Å². The van der Waals surface area contributed by atoms with Crippen molar-refractivity contribution in [1.82, 2.24) is 0 Å². The highest BCUT2D eigenvalue weighted by Crippen LogP contribution is 2.79. The molecule has 0 aromatic carbocycles. The maximum absolute atomic E-state index is 11.9. The van der Waals surface area contributed by atoms with E-state index < -0.39 is 47.5 Å². The summed E-state index contributed by atoms with van der Waals surface area (Å²) in [6.45, 7) is 0. The maximum atomic E-state index is 11.9. The fourth-order valence-electron chi connectivity index (χ4n) is 10.2. The zero-order valence-corrected chi connectivity index (χ0v) is 15.6. The minimum atomic E-state index is -1.02. The van der Waals surface area contributed by atoms with Crippen LogP contribution in [0.4, 0.5) is 0 Å². The summed E-state index contributed by atoms with van der Waals surface area (Å²) in [5, 5.41) is 39.0. The molecule has 8 nitrogen and oxygen atoms in total. The zero-order chi connectivity index (χ0) is 20.5. The number of aliphatic carboxylic acids is 4. The molecular formula is C21H24O8. The van der Waals surface area contributed by atoms with Crippen LogP contribution in [-0.2, 0) is 19.2 Å². The van der Waals surface area contributed by atoms with Crippen molar-refractivity contribution < 1.29 is 39.6 Å². The topological polar surface area (TPSA) is 149 Å². The van der Waals surface area contributed by atoms with E-state index in [1.54, 1.807) is 0 Å². The van der Waals surface area contributed by atoms with E-state index in [0.29, 0.717) is 12.8 Å². The van der Waals surface area contributed by atoms with Crippen molar-refractivity contribution in [3.05, 3.63) is 0 Å². The third-order valence-corrected chi connectivity index (χ3v) is 10.2. The third-order valence-electron chi connectivity index (χ3n) is 10.2. The number of carboxylic acids is 4. The predicted molar refractivity (Wildman–Crippen MR) is 93.3 cm³/mol. The summed E-state index contributed by atoms with van der Waals surface area (Å²) in [5.41, 5.74) is 0. The van der Waals surface area contributed by atoms with Gasteiger partial charge in [-0.15, -0.1) is 0 Å². The van der Waals surface area contributed by atoms with Gasteiger partial charge in [0, 0.05) is 0 Å². The van der Waals surface area contributed by atoms with E-state index >= 15 is 0 Å². The molecule has 29 heavy (non-hydrogen) atoms. The molecule has 0 heterocycles. The van der Waals surface area contributed by atoms with E-state index in [9.17, 15) is 39.6 Å². The van der Waals surface area contributed by atoms with Crippen molar-refractivity contribution in [2.24, 2.45) is 82.9 Å². The predicted octanol–water partition coefficient (Wildman–Crippen LogP) is 1.20. The average Bonchev–Trinajstić information content (AvgIpc) is 3.43. The monoisotopic (exact) mass is 404 g/mol. The normalized spacial score (nSPS) is 57.7. The van der Waals surface area contributed by atoms with Crippen molar-refractivity contribution >= 4 is 23.9 Å². The summed E-state index contributed by atoms with van der Waals surface area (Å²) in [6, 6.07) is 0. The molecule has 0 aliphatic heterocycles. The van der Waals surface area contributed by atoms with Crippen LogP contribution in [0, 0.1) is 82.9 Å². The lowest BCUT2D eigenvalue weighted by Gasteiger charge is -2.49. The first-order chi connectivity index (χ1) is 13.7. The lowest BCUT2D eigenvalue weighted by Crippen LogP contribution is -2.52. The van der Waals surface area contributed by atoms with Crippen molar-refractivity contribution in [3.8, 4) is 0 Å².